The number of aromatic nitrogens is 4. The fourth-order valence-electron chi connectivity index (χ4n) is 4.05. The molecule has 0 aliphatic carbocycles. The topological polar surface area (TPSA) is 88.4 Å². The molecule has 1 N–H and O–H groups in total. The third-order valence-corrected chi connectivity index (χ3v) is 5.82. The van der Waals surface area contributed by atoms with Crippen LogP contribution in [-0.2, 0) is 0 Å². The Morgan fingerprint density at radius 1 is 0.889 bits per heavy atom. The summed E-state index contributed by atoms with van der Waals surface area (Å²) in [7, 11) is 0. The maximum Gasteiger partial charge on any atom is 0.387 e. The minimum Gasteiger partial charge on any atom is -0.435 e. The molecule has 1 aliphatic heterocycles. The molecular formula is C25H23F2N7O2. The second-order valence-electron chi connectivity index (χ2n) is 8.08. The van der Waals surface area contributed by atoms with E-state index in [0.717, 1.165) is 5.69 Å². The van der Waals surface area contributed by atoms with Crippen LogP contribution in [0.25, 0.3) is 5.69 Å². The van der Waals surface area contributed by atoms with E-state index in [-0.39, 0.29) is 11.7 Å². The van der Waals surface area contributed by atoms with E-state index in [1.807, 2.05) is 42.5 Å². The SMILES string of the molecule is O=C(c1ccccc1Nc1ccc(OC(F)F)cc1)N1CCN(c2nnnn2-c2ccccc2)CC1. The van der Waals surface area contributed by atoms with Crippen LogP contribution in [0, 0.1) is 0 Å². The Hall–Kier alpha value is -4.54. The Balaban J connectivity index is 1.26. The minimum atomic E-state index is -2.88. The summed E-state index contributed by atoms with van der Waals surface area (Å²) >= 11 is 0. The van der Waals surface area contributed by atoms with E-state index in [1.165, 1.54) is 12.1 Å². The van der Waals surface area contributed by atoms with Crippen LogP contribution in [0.3, 0.4) is 0 Å². The van der Waals surface area contributed by atoms with Gasteiger partial charge >= 0.3 is 6.61 Å². The molecule has 1 amide bonds. The van der Waals surface area contributed by atoms with E-state index >= 15 is 0 Å². The zero-order valence-corrected chi connectivity index (χ0v) is 19.2. The summed E-state index contributed by atoms with van der Waals surface area (Å²) in [6.45, 7) is -0.697. The smallest absolute Gasteiger partial charge is 0.387 e. The van der Waals surface area contributed by atoms with E-state index in [0.29, 0.717) is 49.1 Å². The number of nitrogens with zero attached hydrogens (tertiary/aromatic N) is 6. The molecule has 1 aliphatic rings. The van der Waals surface area contributed by atoms with Crippen LogP contribution in [0.1, 0.15) is 10.4 Å². The van der Waals surface area contributed by atoms with Crippen LogP contribution >= 0.6 is 0 Å². The molecule has 4 aromatic rings. The minimum absolute atomic E-state index is 0.0658. The fourth-order valence-corrected chi connectivity index (χ4v) is 4.05. The number of benzene rings is 3. The van der Waals surface area contributed by atoms with Gasteiger partial charge in [-0.15, -0.1) is 0 Å². The van der Waals surface area contributed by atoms with Gasteiger partial charge in [0, 0.05) is 31.9 Å². The van der Waals surface area contributed by atoms with Crippen LogP contribution < -0.4 is 15.0 Å². The normalized spacial score (nSPS) is 13.6. The molecule has 2 heterocycles. The predicted octanol–water partition coefficient (Wildman–Crippen LogP) is 3.97. The van der Waals surface area contributed by atoms with Gasteiger partial charge in [-0.3, -0.25) is 4.79 Å². The van der Waals surface area contributed by atoms with Crippen molar-refractivity contribution in [3.8, 4) is 11.4 Å². The van der Waals surface area contributed by atoms with Crippen molar-refractivity contribution in [2.75, 3.05) is 36.4 Å². The highest BCUT2D eigenvalue weighted by Crippen LogP contribution is 2.25. The van der Waals surface area contributed by atoms with E-state index in [1.54, 1.807) is 33.8 Å². The highest BCUT2D eigenvalue weighted by Gasteiger charge is 2.26. The molecule has 1 saturated heterocycles. The molecule has 0 atom stereocenters. The first-order valence-electron chi connectivity index (χ1n) is 11.4. The zero-order valence-electron chi connectivity index (χ0n) is 19.2. The molecular weight excluding hydrogens is 468 g/mol. The number of tetrazole rings is 1. The largest absolute Gasteiger partial charge is 0.435 e. The molecule has 5 rings (SSSR count). The van der Waals surface area contributed by atoms with Crippen molar-refractivity contribution in [1.82, 2.24) is 25.1 Å². The summed E-state index contributed by atoms with van der Waals surface area (Å²) in [5.41, 5.74) is 2.66. The van der Waals surface area contributed by atoms with Crippen molar-refractivity contribution in [3.63, 3.8) is 0 Å². The molecule has 0 saturated carbocycles. The summed E-state index contributed by atoms with van der Waals surface area (Å²) in [4.78, 5) is 17.2. The Labute approximate surface area is 205 Å². The molecule has 184 valence electrons. The molecule has 0 radical (unpaired) electrons. The van der Waals surface area contributed by atoms with E-state index < -0.39 is 6.61 Å². The quantitative estimate of drug-likeness (QED) is 0.419. The lowest BCUT2D eigenvalue weighted by Crippen LogP contribution is -2.49. The third kappa shape index (κ3) is 5.09. The number of para-hydroxylation sites is 2. The maximum atomic E-state index is 13.4. The average Bonchev–Trinajstić information content (AvgIpc) is 3.40. The van der Waals surface area contributed by atoms with E-state index in [4.69, 9.17) is 0 Å². The standard InChI is InChI=1S/C25H23F2N7O2/c26-24(27)36-20-12-10-18(11-13-20)28-22-9-5-4-8-21(22)23(35)32-14-16-33(17-15-32)25-29-30-31-34(25)19-6-2-1-3-7-19/h1-13,24,28H,14-17H2. The summed E-state index contributed by atoms with van der Waals surface area (Å²) in [6.07, 6.45) is 0. The predicted molar refractivity (Wildman–Crippen MR) is 130 cm³/mol. The lowest BCUT2D eigenvalue weighted by molar-refractivity contribution is -0.0498. The third-order valence-electron chi connectivity index (χ3n) is 5.82. The lowest BCUT2D eigenvalue weighted by atomic mass is 10.1. The van der Waals surface area contributed by atoms with Gasteiger partial charge in [0.15, 0.2) is 0 Å². The number of alkyl halides is 2. The van der Waals surface area contributed by atoms with Crippen molar-refractivity contribution >= 4 is 23.2 Å². The molecule has 3 aromatic carbocycles. The van der Waals surface area contributed by atoms with Gasteiger partial charge in [0.1, 0.15) is 5.75 Å². The summed E-state index contributed by atoms with van der Waals surface area (Å²) in [5, 5.41) is 15.3. The molecule has 36 heavy (non-hydrogen) atoms. The van der Waals surface area contributed by atoms with E-state index in [9.17, 15) is 13.6 Å². The van der Waals surface area contributed by atoms with Gasteiger partial charge in [0.25, 0.3) is 5.91 Å². The monoisotopic (exact) mass is 491 g/mol. The van der Waals surface area contributed by atoms with Gasteiger partial charge in [-0.2, -0.15) is 13.5 Å². The van der Waals surface area contributed by atoms with Gasteiger partial charge in [-0.25, -0.2) is 0 Å². The highest BCUT2D eigenvalue weighted by atomic mass is 19.3. The summed E-state index contributed by atoms with van der Waals surface area (Å²) in [5.74, 6) is 0.601. The Kier molecular flexibility index (Phi) is 6.69. The van der Waals surface area contributed by atoms with Crippen molar-refractivity contribution in [2.45, 2.75) is 6.61 Å². The number of rotatable bonds is 7. The van der Waals surface area contributed by atoms with Crippen molar-refractivity contribution in [3.05, 3.63) is 84.4 Å². The Morgan fingerprint density at radius 3 is 2.31 bits per heavy atom. The Morgan fingerprint density at radius 2 is 1.58 bits per heavy atom. The van der Waals surface area contributed by atoms with Gasteiger partial charge in [-0.05, 0) is 59.0 Å². The number of carbonyl (C=O) groups is 1. The van der Waals surface area contributed by atoms with Gasteiger partial charge in [0.2, 0.25) is 5.95 Å². The molecule has 0 spiro atoms. The fraction of sp³-hybridized carbons (Fsp3) is 0.200. The first kappa shape index (κ1) is 23.2. The number of ether oxygens (including phenoxy) is 1. The number of anilines is 3. The number of amides is 1. The second kappa shape index (κ2) is 10.4. The first-order valence-corrected chi connectivity index (χ1v) is 11.4. The highest BCUT2D eigenvalue weighted by molar-refractivity contribution is 6.00. The average molecular weight is 492 g/mol. The zero-order chi connectivity index (χ0) is 24.9. The maximum absolute atomic E-state index is 13.4. The van der Waals surface area contributed by atoms with Gasteiger partial charge in [0.05, 0.1) is 16.9 Å². The van der Waals surface area contributed by atoms with Crippen LogP contribution in [0.5, 0.6) is 5.75 Å². The summed E-state index contributed by atoms with van der Waals surface area (Å²) < 4.78 is 30.9. The summed E-state index contributed by atoms with van der Waals surface area (Å²) in [6, 6.07) is 23.0. The molecule has 0 bridgehead atoms. The molecule has 1 aromatic heterocycles. The van der Waals surface area contributed by atoms with Crippen LogP contribution in [0.15, 0.2) is 78.9 Å². The van der Waals surface area contributed by atoms with Crippen molar-refractivity contribution in [2.24, 2.45) is 0 Å². The number of nitrogens with one attached hydrogen (secondary N) is 1. The number of hydrogen-bond donors (Lipinski definition) is 1. The number of piperazine rings is 1. The Bertz CT molecular complexity index is 1310. The van der Waals surface area contributed by atoms with Gasteiger partial charge < -0.3 is 19.9 Å². The van der Waals surface area contributed by atoms with Crippen molar-refractivity contribution in [1.29, 1.82) is 0 Å². The number of hydrogen-bond acceptors (Lipinski definition) is 7. The van der Waals surface area contributed by atoms with Crippen molar-refractivity contribution < 1.29 is 18.3 Å². The number of carbonyl (C=O) groups excluding carboxylic acids is 1. The molecule has 11 heteroatoms. The molecule has 0 unspecified atom stereocenters. The van der Waals surface area contributed by atoms with Crippen LogP contribution in [0.4, 0.5) is 26.1 Å². The van der Waals surface area contributed by atoms with Crippen LogP contribution in [-0.4, -0.2) is 63.8 Å². The van der Waals surface area contributed by atoms with Crippen LogP contribution in [0.2, 0.25) is 0 Å². The second-order valence-corrected chi connectivity index (χ2v) is 8.08. The van der Waals surface area contributed by atoms with Gasteiger partial charge in [-0.1, -0.05) is 35.4 Å². The molecule has 1 fully saturated rings. The lowest BCUT2D eigenvalue weighted by Gasteiger charge is -2.35. The van der Waals surface area contributed by atoms with E-state index in [2.05, 4.69) is 30.5 Å². The first-order chi connectivity index (χ1) is 17.6. The number of halogens is 2. The molecule has 9 nitrogen and oxygen atoms in total.